The van der Waals surface area contributed by atoms with Crippen LogP contribution in [0.5, 0.6) is 0 Å². The standard InChI is InChI=1S/C12H22O4.2C8H20N/c1-3-5-7-9(11(13)14)10(12(15)16)8-6-4-2;2*1-5-9(6-2,7-3)8-4/h9-10H,3-8H2,1-2H3,(H,13,14)(H,15,16);2*5-8H2,1-4H3/q;2*+1/p-2. The van der Waals surface area contributed by atoms with Gasteiger partial charge in [-0.05, 0) is 68.2 Å². The zero-order valence-electron chi connectivity index (χ0n) is 24.6. The molecule has 0 aliphatic carbocycles. The van der Waals surface area contributed by atoms with Crippen molar-refractivity contribution in [3.8, 4) is 0 Å². The molecular formula is C28H60N2O4. The summed E-state index contributed by atoms with van der Waals surface area (Å²) in [6, 6.07) is 0. The number of rotatable bonds is 17. The third-order valence-electron chi connectivity index (χ3n) is 8.20. The van der Waals surface area contributed by atoms with Gasteiger partial charge in [0, 0.05) is 23.8 Å². The molecular weight excluding hydrogens is 428 g/mol. The fourth-order valence-electron chi connectivity index (χ4n) is 4.50. The van der Waals surface area contributed by atoms with Crippen molar-refractivity contribution in [1.29, 1.82) is 0 Å². The van der Waals surface area contributed by atoms with Crippen LogP contribution in [0.25, 0.3) is 0 Å². The van der Waals surface area contributed by atoms with Crippen LogP contribution in [-0.4, -0.2) is 73.3 Å². The summed E-state index contributed by atoms with van der Waals surface area (Å²) in [5.74, 6) is -4.34. The minimum absolute atomic E-state index is 0.362. The van der Waals surface area contributed by atoms with E-state index in [2.05, 4.69) is 55.4 Å². The molecule has 0 aromatic carbocycles. The van der Waals surface area contributed by atoms with Crippen molar-refractivity contribution in [1.82, 2.24) is 0 Å². The highest BCUT2D eigenvalue weighted by Gasteiger charge is 2.23. The van der Waals surface area contributed by atoms with Gasteiger partial charge < -0.3 is 28.8 Å². The third-order valence-corrected chi connectivity index (χ3v) is 8.20. The topological polar surface area (TPSA) is 80.3 Å². The van der Waals surface area contributed by atoms with Crippen LogP contribution in [0.15, 0.2) is 0 Å². The number of nitrogens with zero attached hydrogens (tertiary/aromatic N) is 2. The molecule has 0 aromatic heterocycles. The van der Waals surface area contributed by atoms with E-state index in [1.54, 1.807) is 0 Å². The Morgan fingerprint density at radius 3 is 0.794 bits per heavy atom. The summed E-state index contributed by atoms with van der Waals surface area (Å²) in [6.45, 7) is 32.3. The second-order valence-corrected chi connectivity index (χ2v) is 9.35. The van der Waals surface area contributed by atoms with Crippen LogP contribution in [-0.2, 0) is 9.59 Å². The first-order valence-electron chi connectivity index (χ1n) is 14.1. The van der Waals surface area contributed by atoms with E-state index in [1.807, 2.05) is 13.8 Å². The molecule has 2 atom stereocenters. The van der Waals surface area contributed by atoms with Gasteiger partial charge in [0.15, 0.2) is 0 Å². The Morgan fingerprint density at radius 1 is 0.500 bits per heavy atom. The number of quaternary nitrogens is 2. The van der Waals surface area contributed by atoms with Gasteiger partial charge in [0.2, 0.25) is 0 Å². The van der Waals surface area contributed by atoms with Crippen LogP contribution in [0.3, 0.4) is 0 Å². The summed E-state index contributed by atoms with van der Waals surface area (Å²) in [5.41, 5.74) is 0. The summed E-state index contributed by atoms with van der Waals surface area (Å²) >= 11 is 0. The molecule has 0 rings (SSSR count). The molecule has 0 amide bonds. The number of hydrogen-bond donors (Lipinski definition) is 0. The van der Waals surface area contributed by atoms with Crippen molar-refractivity contribution in [2.75, 3.05) is 52.4 Å². The fraction of sp³-hybridized carbons (Fsp3) is 0.929. The molecule has 34 heavy (non-hydrogen) atoms. The molecule has 0 aliphatic heterocycles. The zero-order valence-corrected chi connectivity index (χ0v) is 24.6. The number of unbranched alkanes of at least 4 members (excludes halogenated alkanes) is 2. The molecule has 0 bridgehead atoms. The zero-order chi connectivity index (χ0) is 27.2. The molecule has 206 valence electrons. The number of carboxylic acids is 2. The van der Waals surface area contributed by atoms with Gasteiger partial charge >= 0.3 is 0 Å². The van der Waals surface area contributed by atoms with Gasteiger partial charge in [0.1, 0.15) is 0 Å². The van der Waals surface area contributed by atoms with Gasteiger partial charge in [-0.2, -0.15) is 0 Å². The molecule has 0 radical (unpaired) electrons. The lowest BCUT2D eigenvalue weighted by Gasteiger charge is -2.34. The van der Waals surface area contributed by atoms with E-state index in [1.165, 1.54) is 61.3 Å². The van der Waals surface area contributed by atoms with Crippen molar-refractivity contribution in [3.63, 3.8) is 0 Å². The van der Waals surface area contributed by atoms with Crippen molar-refractivity contribution in [3.05, 3.63) is 0 Å². The van der Waals surface area contributed by atoms with Gasteiger partial charge in [-0.1, -0.05) is 39.5 Å². The Labute approximate surface area is 212 Å². The molecule has 0 N–H and O–H groups in total. The highest BCUT2D eigenvalue weighted by atomic mass is 16.4. The first-order valence-corrected chi connectivity index (χ1v) is 14.1. The number of carbonyl (C=O) groups excluding carboxylic acids is 2. The van der Waals surface area contributed by atoms with Gasteiger partial charge in [-0.15, -0.1) is 0 Å². The maximum Gasteiger partial charge on any atom is 0.0757 e. The molecule has 0 fully saturated rings. The number of carboxylic acid groups (broad SMARTS) is 2. The normalized spacial score (nSPS) is 13.1. The maximum absolute atomic E-state index is 10.9. The van der Waals surface area contributed by atoms with Crippen LogP contribution in [0, 0.1) is 11.8 Å². The monoisotopic (exact) mass is 488 g/mol. The summed E-state index contributed by atoms with van der Waals surface area (Å²) in [4.78, 5) is 21.8. The average molecular weight is 489 g/mol. The van der Waals surface area contributed by atoms with E-state index < -0.39 is 23.8 Å². The fourth-order valence-corrected chi connectivity index (χ4v) is 4.50. The van der Waals surface area contributed by atoms with Crippen LogP contribution in [0.1, 0.15) is 108 Å². The van der Waals surface area contributed by atoms with Crippen molar-refractivity contribution in [2.45, 2.75) is 108 Å². The van der Waals surface area contributed by atoms with E-state index in [-0.39, 0.29) is 0 Å². The Bertz CT molecular complexity index is 410. The Kier molecular flexibility index (Phi) is 24.6. The summed E-state index contributed by atoms with van der Waals surface area (Å²) < 4.78 is 2.56. The highest BCUT2D eigenvalue weighted by Crippen LogP contribution is 2.23. The summed E-state index contributed by atoms with van der Waals surface area (Å²) in [5, 5.41) is 21.8. The lowest BCUT2D eigenvalue weighted by Crippen LogP contribution is -2.47. The largest absolute Gasteiger partial charge is 0.550 e. The lowest BCUT2D eigenvalue weighted by atomic mass is 9.84. The van der Waals surface area contributed by atoms with E-state index in [0.717, 1.165) is 12.8 Å². The second kappa shape index (κ2) is 22.3. The molecule has 0 saturated carbocycles. The van der Waals surface area contributed by atoms with E-state index in [4.69, 9.17) is 0 Å². The van der Waals surface area contributed by atoms with Crippen LogP contribution < -0.4 is 10.2 Å². The minimum Gasteiger partial charge on any atom is -0.550 e. The third kappa shape index (κ3) is 15.0. The van der Waals surface area contributed by atoms with E-state index in [0.29, 0.717) is 25.7 Å². The van der Waals surface area contributed by atoms with Gasteiger partial charge in [0.25, 0.3) is 0 Å². The van der Waals surface area contributed by atoms with Crippen LogP contribution in [0.2, 0.25) is 0 Å². The molecule has 2 unspecified atom stereocenters. The van der Waals surface area contributed by atoms with Crippen molar-refractivity contribution in [2.24, 2.45) is 11.8 Å². The van der Waals surface area contributed by atoms with Gasteiger partial charge in [-0.25, -0.2) is 0 Å². The first-order chi connectivity index (χ1) is 16.0. The van der Waals surface area contributed by atoms with Gasteiger partial charge in [-0.3, -0.25) is 0 Å². The smallest absolute Gasteiger partial charge is 0.0757 e. The molecule has 6 heteroatoms. The Morgan fingerprint density at radius 2 is 0.706 bits per heavy atom. The number of hydrogen-bond acceptors (Lipinski definition) is 4. The molecule has 0 saturated heterocycles. The lowest BCUT2D eigenvalue weighted by molar-refractivity contribution is -0.921. The molecule has 0 aromatic rings. The SMILES string of the molecule is CCCCC(C(=O)[O-])C(CCCC)C(=O)[O-].CC[N+](CC)(CC)CC.CC[N+](CC)(CC)CC. The van der Waals surface area contributed by atoms with Crippen molar-refractivity contribution >= 4 is 11.9 Å². The van der Waals surface area contributed by atoms with Crippen LogP contribution >= 0.6 is 0 Å². The van der Waals surface area contributed by atoms with Gasteiger partial charge in [0.05, 0.1) is 52.4 Å². The van der Waals surface area contributed by atoms with E-state index in [9.17, 15) is 19.8 Å². The predicted molar refractivity (Wildman–Crippen MR) is 141 cm³/mol. The quantitative estimate of drug-likeness (QED) is 0.291. The molecule has 0 heterocycles. The molecule has 0 spiro atoms. The first kappa shape index (κ1) is 37.4. The highest BCUT2D eigenvalue weighted by molar-refractivity contribution is 5.77. The summed E-state index contributed by atoms with van der Waals surface area (Å²) in [6.07, 6.45) is 3.82. The van der Waals surface area contributed by atoms with E-state index >= 15 is 0 Å². The van der Waals surface area contributed by atoms with Crippen molar-refractivity contribution < 1.29 is 28.8 Å². The molecule has 6 nitrogen and oxygen atoms in total. The number of carbonyl (C=O) groups is 2. The Balaban J connectivity index is -0.000000457. The number of aliphatic carboxylic acids is 2. The Hall–Kier alpha value is -1.14. The summed E-state index contributed by atoms with van der Waals surface area (Å²) in [7, 11) is 0. The minimum atomic E-state index is -1.27. The molecule has 0 aliphatic rings. The average Bonchev–Trinajstić information content (AvgIpc) is 2.85. The van der Waals surface area contributed by atoms with Crippen LogP contribution in [0.4, 0.5) is 0 Å². The maximum atomic E-state index is 10.9. The predicted octanol–water partition coefficient (Wildman–Crippen LogP) is 3.86. The second-order valence-electron chi connectivity index (χ2n) is 9.35.